The number of amides is 1. The van der Waals surface area contributed by atoms with E-state index in [1.807, 2.05) is 17.2 Å². The zero-order valence-corrected chi connectivity index (χ0v) is 11.6. The molecule has 1 aromatic heterocycles. The number of methoxy groups -OCH3 is 1. The Balaban J connectivity index is 1.95. The van der Waals surface area contributed by atoms with Crippen LogP contribution in [0.1, 0.15) is 29.4 Å². The van der Waals surface area contributed by atoms with Gasteiger partial charge in [0.2, 0.25) is 0 Å². The van der Waals surface area contributed by atoms with E-state index in [1.54, 1.807) is 13.2 Å². The Kier molecular flexibility index (Phi) is 4.24. The van der Waals surface area contributed by atoms with Crippen LogP contribution in [0.2, 0.25) is 0 Å². The van der Waals surface area contributed by atoms with E-state index in [1.165, 1.54) is 11.3 Å². The minimum Gasteiger partial charge on any atom is -0.496 e. The van der Waals surface area contributed by atoms with Crippen molar-refractivity contribution < 1.29 is 14.6 Å². The van der Waals surface area contributed by atoms with Crippen LogP contribution in [0.25, 0.3) is 0 Å². The van der Waals surface area contributed by atoms with Crippen molar-refractivity contribution in [3.63, 3.8) is 0 Å². The zero-order chi connectivity index (χ0) is 13.1. The van der Waals surface area contributed by atoms with E-state index in [0.717, 1.165) is 36.6 Å². The van der Waals surface area contributed by atoms with E-state index in [9.17, 15) is 9.90 Å². The Morgan fingerprint density at radius 1 is 1.56 bits per heavy atom. The fourth-order valence-corrected chi connectivity index (χ4v) is 3.10. The number of piperidine rings is 1. The van der Waals surface area contributed by atoms with Gasteiger partial charge in [-0.3, -0.25) is 4.79 Å². The Morgan fingerprint density at radius 2 is 2.22 bits per heavy atom. The number of aliphatic hydroxyl groups excluding tert-OH is 1. The van der Waals surface area contributed by atoms with Crippen molar-refractivity contribution in [2.45, 2.75) is 25.9 Å². The van der Waals surface area contributed by atoms with Crippen LogP contribution in [-0.2, 0) is 0 Å². The smallest absolute Gasteiger partial charge is 0.264 e. The molecule has 1 saturated heterocycles. The normalized spacial score (nSPS) is 18.7. The third-order valence-corrected chi connectivity index (χ3v) is 4.43. The third kappa shape index (κ3) is 2.84. The summed E-state index contributed by atoms with van der Waals surface area (Å²) >= 11 is 1.42. The van der Waals surface area contributed by atoms with E-state index < -0.39 is 0 Å². The van der Waals surface area contributed by atoms with Crippen molar-refractivity contribution >= 4 is 17.2 Å². The molecule has 1 atom stereocenters. The summed E-state index contributed by atoms with van der Waals surface area (Å²) in [6.45, 7) is 3.29. The van der Waals surface area contributed by atoms with Gasteiger partial charge in [0, 0.05) is 24.5 Å². The number of thiophene rings is 1. The summed E-state index contributed by atoms with van der Waals surface area (Å²) in [6.07, 6.45) is 1.49. The van der Waals surface area contributed by atoms with Crippen LogP contribution >= 0.6 is 11.3 Å². The van der Waals surface area contributed by atoms with Crippen molar-refractivity contribution in [3.8, 4) is 5.75 Å². The number of hydrogen-bond acceptors (Lipinski definition) is 4. The van der Waals surface area contributed by atoms with Gasteiger partial charge in [-0.15, -0.1) is 11.3 Å². The molecular weight excluding hydrogens is 250 g/mol. The molecule has 1 aliphatic rings. The van der Waals surface area contributed by atoms with E-state index in [-0.39, 0.29) is 12.0 Å². The lowest BCUT2D eigenvalue weighted by molar-refractivity contribution is 0.0525. The monoisotopic (exact) mass is 269 g/mol. The summed E-state index contributed by atoms with van der Waals surface area (Å²) < 4.78 is 5.09. The molecule has 0 spiro atoms. The summed E-state index contributed by atoms with van der Waals surface area (Å²) in [5, 5.41) is 11.4. The van der Waals surface area contributed by atoms with Gasteiger partial charge in [-0.25, -0.2) is 0 Å². The molecule has 0 saturated carbocycles. The highest BCUT2D eigenvalue weighted by Crippen LogP contribution is 2.26. The highest BCUT2D eigenvalue weighted by molar-refractivity contribution is 7.12. The minimum absolute atomic E-state index is 0.0762. The molecule has 2 rings (SSSR count). The van der Waals surface area contributed by atoms with Crippen molar-refractivity contribution in [2.75, 3.05) is 20.2 Å². The second kappa shape index (κ2) is 5.71. The van der Waals surface area contributed by atoms with E-state index in [4.69, 9.17) is 4.74 Å². The van der Waals surface area contributed by atoms with Crippen LogP contribution in [0.3, 0.4) is 0 Å². The summed E-state index contributed by atoms with van der Waals surface area (Å²) in [5.41, 5.74) is 0. The molecular formula is C13H19NO3S. The maximum atomic E-state index is 12.2. The van der Waals surface area contributed by atoms with E-state index in [2.05, 4.69) is 0 Å². The second-order valence-corrected chi connectivity index (χ2v) is 5.63. The number of likely N-dealkylation sites (tertiary alicyclic amines) is 1. The molecule has 0 aliphatic carbocycles. The molecule has 1 aromatic rings. The number of carbonyl (C=O) groups excluding carboxylic acids is 1. The molecule has 1 fully saturated rings. The molecule has 100 valence electrons. The predicted molar refractivity (Wildman–Crippen MR) is 71.2 cm³/mol. The van der Waals surface area contributed by atoms with Gasteiger partial charge in [0.1, 0.15) is 5.75 Å². The number of hydrogen-bond donors (Lipinski definition) is 1. The van der Waals surface area contributed by atoms with Gasteiger partial charge >= 0.3 is 0 Å². The van der Waals surface area contributed by atoms with Gasteiger partial charge < -0.3 is 14.7 Å². The number of rotatable bonds is 3. The Labute approximate surface area is 111 Å². The largest absolute Gasteiger partial charge is 0.496 e. The number of ether oxygens (including phenoxy) is 1. The molecule has 0 bridgehead atoms. The van der Waals surface area contributed by atoms with Gasteiger partial charge in [0.15, 0.2) is 0 Å². The quantitative estimate of drug-likeness (QED) is 0.913. The number of nitrogens with zero attached hydrogens (tertiary/aromatic N) is 1. The summed E-state index contributed by atoms with van der Waals surface area (Å²) in [7, 11) is 1.60. The van der Waals surface area contributed by atoms with Crippen LogP contribution in [-0.4, -0.2) is 42.2 Å². The fourth-order valence-electron chi connectivity index (χ4n) is 2.28. The average molecular weight is 269 g/mol. The highest BCUT2D eigenvalue weighted by atomic mass is 32.1. The fraction of sp³-hybridized carbons (Fsp3) is 0.615. The van der Waals surface area contributed by atoms with Gasteiger partial charge in [0.05, 0.1) is 18.1 Å². The van der Waals surface area contributed by atoms with Gasteiger partial charge in [-0.05, 0) is 25.7 Å². The van der Waals surface area contributed by atoms with Crippen molar-refractivity contribution in [1.29, 1.82) is 0 Å². The summed E-state index contributed by atoms with van der Waals surface area (Å²) in [5.74, 6) is 1.14. The Bertz CT molecular complexity index is 408. The Morgan fingerprint density at radius 3 is 2.72 bits per heavy atom. The summed E-state index contributed by atoms with van der Waals surface area (Å²) in [6, 6.07) is 1.79. The SMILES string of the molecule is COc1csc(C(=O)N2CCC(C(C)O)CC2)c1. The second-order valence-electron chi connectivity index (χ2n) is 4.72. The molecule has 1 N–H and O–H groups in total. The lowest BCUT2D eigenvalue weighted by Gasteiger charge is -2.33. The van der Waals surface area contributed by atoms with Crippen molar-refractivity contribution in [2.24, 2.45) is 5.92 Å². The third-order valence-electron chi connectivity index (χ3n) is 3.53. The number of aliphatic hydroxyl groups is 1. The molecule has 18 heavy (non-hydrogen) atoms. The Hall–Kier alpha value is -1.07. The molecule has 2 heterocycles. The van der Waals surface area contributed by atoms with Gasteiger partial charge in [-0.1, -0.05) is 0 Å². The van der Waals surface area contributed by atoms with Crippen LogP contribution in [0.15, 0.2) is 11.4 Å². The van der Waals surface area contributed by atoms with Crippen LogP contribution in [0.5, 0.6) is 5.75 Å². The van der Waals surface area contributed by atoms with Crippen LogP contribution < -0.4 is 4.74 Å². The van der Waals surface area contributed by atoms with Crippen molar-refractivity contribution in [1.82, 2.24) is 4.90 Å². The van der Waals surface area contributed by atoms with E-state index in [0.29, 0.717) is 5.92 Å². The minimum atomic E-state index is -0.274. The predicted octanol–water partition coefficient (Wildman–Crippen LogP) is 1.99. The van der Waals surface area contributed by atoms with Crippen LogP contribution in [0.4, 0.5) is 0 Å². The maximum absolute atomic E-state index is 12.2. The van der Waals surface area contributed by atoms with E-state index >= 15 is 0 Å². The average Bonchev–Trinajstić information content (AvgIpc) is 2.86. The maximum Gasteiger partial charge on any atom is 0.264 e. The van der Waals surface area contributed by atoms with Crippen molar-refractivity contribution in [3.05, 3.63) is 16.3 Å². The first-order chi connectivity index (χ1) is 8.61. The first-order valence-corrected chi connectivity index (χ1v) is 7.09. The first kappa shape index (κ1) is 13.4. The molecule has 4 nitrogen and oxygen atoms in total. The molecule has 5 heteroatoms. The molecule has 1 amide bonds. The molecule has 0 radical (unpaired) electrons. The number of carbonyl (C=O) groups is 1. The van der Waals surface area contributed by atoms with Gasteiger partial charge in [0.25, 0.3) is 5.91 Å². The summed E-state index contributed by atoms with van der Waals surface area (Å²) in [4.78, 5) is 14.8. The molecule has 1 aliphatic heterocycles. The lowest BCUT2D eigenvalue weighted by Crippen LogP contribution is -2.40. The van der Waals surface area contributed by atoms with Crippen LogP contribution in [0, 0.1) is 5.92 Å². The molecule has 0 aromatic carbocycles. The topological polar surface area (TPSA) is 49.8 Å². The van der Waals surface area contributed by atoms with Gasteiger partial charge in [-0.2, -0.15) is 0 Å². The lowest BCUT2D eigenvalue weighted by atomic mass is 9.92. The standard InChI is InChI=1S/C13H19NO3S/c1-9(15)10-3-5-14(6-4-10)13(16)12-7-11(17-2)8-18-12/h7-10,15H,3-6H2,1-2H3. The first-order valence-electron chi connectivity index (χ1n) is 6.21. The zero-order valence-electron chi connectivity index (χ0n) is 10.8. The highest BCUT2D eigenvalue weighted by Gasteiger charge is 2.26. The molecule has 1 unspecified atom stereocenters.